The number of methoxy groups -OCH3 is 1. The zero-order valence-corrected chi connectivity index (χ0v) is 20.7. The number of halogens is 1. The van der Waals surface area contributed by atoms with Gasteiger partial charge in [0.05, 0.1) is 12.9 Å². The van der Waals surface area contributed by atoms with Crippen LogP contribution in [-0.2, 0) is 14.8 Å². The molecule has 166 valence electrons. The summed E-state index contributed by atoms with van der Waals surface area (Å²) in [5.74, 6) is 1.34. The van der Waals surface area contributed by atoms with Crippen LogP contribution in [0.5, 0.6) is 0 Å². The molecule has 0 aromatic carbocycles. The van der Waals surface area contributed by atoms with Crippen molar-refractivity contribution in [2.24, 2.45) is 10.9 Å². The molecule has 28 heavy (non-hydrogen) atoms. The molecule has 2 aliphatic rings. The first kappa shape index (κ1) is 25.9. The molecule has 0 saturated carbocycles. The number of sulfonamides is 1. The third-order valence-corrected chi connectivity index (χ3v) is 6.74. The largest absolute Gasteiger partial charge is 0.383 e. The van der Waals surface area contributed by atoms with Crippen LogP contribution in [0, 0.1) is 5.92 Å². The summed E-state index contributed by atoms with van der Waals surface area (Å²) >= 11 is 0. The molecule has 0 amide bonds. The van der Waals surface area contributed by atoms with Crippen LogP contribution in [0.25, 0.3) is 0 Å². The van der Waals surface area contributed by atoms with Gasteiger partial charge in [-0.2, -0.15) is 0 Å². The summed E-state index contributed by atoms with van der Waals surface area (Å²) in [6, 6.07) is 0.452. The van der Waals surface area contributed by atoms with Crippen molar-refractivity contribution in [2.45, 2.75) is 38.6 Å². The lowest BCUT2D eigenvalue weighted by atomic mass is 9.98. The number of piperidine rings is 2. The monoisotopic (exact) mass is 531 g/mol. The Balaban J connectivity index is 0.00000392. The maximum absolute atomic E-state index is 11.6. The maximum atomic E-state index is 11.6. The van der Waals surface area contributed by atoms with Crippen molar-refractivity contribution < 1.29 is 13.2 Å². The molecule has 0 aromatic heterocycles. The Hall–Kier alpha value is -0.170. The van der Waals surface area contributed by atoms with Crippen molar-refractivity contribution in [1.82, 2.24) is 19.8 Å². The molecule has 0 aliphatic carbocycles. The van der Waals surface area contributed by atoms with Gasteiger partial charge in [0, 0.05) is 59.0 Å². The van der Waals surface area contributed by atoms with Gasteiger partial charge < -0.3 is 20.3 Å². The summed E-state index contributed by atoms with van der Waals surface area (Å²) in [6.07, 6.45) is 5.28. The van der Waals surface area contributed by atoms with E-state index in [9.17, 15) is 8.42 Å². The number of aliphatic imine (C=N–C) groups is 1. The molecule has 0 spiro atoms. The van der Waals surface area contributed by atoms with E-state index in [0.717, 1.165) is 71.0 Å². The van der Waals surface area contributed by atoms with E-state index in [1.54, 1.807) is 11.4 Å². The molecule has 0 unspecified atom stereocenters. The first-order valence-corrected chi connectivity index (χ1v) is 12.0. The highest BCUT2D eigenvalue weighted by Crippen LogP contribution is 2.19. The zero-order chi connectivity index (χ0) is 19.7. The van der Waals surface area contributed by atoms with Crippen LogP contribution in [0.4, 0.5) is 0 Å². The second-order valence-electron chi connectivity index (χ2n) is 7.58. The summed E-state index contributed by atoms with van der Waals surface area (Å²) in [7, 11) is -1.31. The van der Waals surface area contributed by atoms with Crippen molar-refractivity contribution in [3.05, 3.63) is 0 Å². The Kier molecular flexibility index (Phi) is 12.2. The van der Waals surface area contributed by atoms with E-state index in [-0.39, 0.29) is 24.0 Å². The lowest BCUT2D eigenvalue weighted by Gasteiger charge is -2.33. The highest BCUT2D eigenvalue weighted by atomic mass is 127. The fourth-order valence-corrected chi connectivity index (χ4v) is 4.55. The van der Waals surface area contributed by atoms with Crippen molar-refractivity contribution >= 4 is 40.0 Å². The maximum Gasteiger partial charge on any atom is 0.211 e. The molecule has 2 rings (SSSR count). The second kappa shape index (κ2) is 13.2. The van der Waals surface area contributed by atoms with E-state index in [4.69, 9.17) is 9.73 Å². The van der Waals surface area contributed by atoms with Gasteiger partial charge in [0.2, 0.25) is 10.0 Å². The first-order valence-electron chi connectivity index (χ1n) is 10.1. The van der Waals surface area contributed by atoms with Crippen molar-refractivity contribution in [2.75, 3.05) is 65.8 Å². The normalized spacial score (nSPS) is 21.3. The number of hydrogen-bond donors (Lipinski definition) is 2. The number of rotatable bonds is 8. The summed E-state index contributed by atoms with van der Waals surface area (Å²) in [6.45, 7) is 8.87. The number of hydrogen-bond acceptors (Lipinski definition) is 5. The number of guanidine groups is 1. The van der Waals surface area contributed by atoms with Crippen LogP contribution in [0.3, 0.4) is 0 Å². The Morgan fingerprint density at radius 1 is 1.14 bits per heavy atom. The van der Waals surface area contributed by atoms with E-state index in [1.165, 1.54) is 6.26 Å². The average Bonchev–Trinajstić information content (AvgIpc) is 2.65. The summed E-state index contributed by atoms with van der Waals surface area (Å²) in [5.41, 5.74) is 0. The molecule has 2 aliphatic heterocycles. The van der Waals surface area contributed by atoms with Gasteiger partial charge in [-0.25, -0.2) is 12.7 Å². The SMILES string of the molecule is CCNC(=NCC1CCN(S(C)(=O)=O)CC1)NC1CCN(CCOC)CC1.I. The van der Waals surface area contributed by atoms with Crippen LogP contribution in [-0.4, -0.2) is 95.4 Å². The smallest absolute Gasteiger partial charge is 0.211 e. The Labute approximate surface area is 187 Å². The number of nitrogens with zero attached hydrogens (tertiary/aromatic N) is 3. The zero-order valence-electron chi connectivity index (χ0n) is 17.5. The number of likely N-dealkylation sites (tertiary alicyclic amines) is 1. The van der Waals surface area contributed by atoms with Crippen molar-refractivity contribution in [1.29, 1.82) is 0 Å². The molecule has 2 fully saturated rings. The lowest BCUT2D eigenvalue weighted by Crippen LogP contribution is -2.49. The Bertz CT molecular complexity index is 560. The van der Waals surface area contributed by atoms with Crippen LogP contribution in [0.15, 0.2) is 4.99 Å². The predicted molar refractivity (Wildman–Crippen MR) is 125 cm³/mol. The summed E-state index contributed by atoms with van der Waals surface area (Å²) < 4.78 is 30.0. The van der Waals surface area contributed by atoms with Crippen molar-refractivity contribution in [3.63, 3.8) is 0 Å². The lowest BCUT2D eigenvalue weighted by molar-refractivity contribution is 0.128. The summed E-state index contributed by atoms with van der Waals surface area (Å²) in [4.78, 5) is 7.23. The van der Waals surface area contributed by atoms with Gasteiger partial charge in [0.25, 0.3) is 0 Å². The molecule has 0 bridgehead atoms. The molecule has 0 radical (unpaired) electrons. The standard InChI is InChI=1S/C18H37N5O3S.HI/c1-4-19-18(21-17-7-9-22(10-8-17)13-14-26-2)20-15-16-5-11-23(12-6-16)27(3,24)25;/h16-17H,4-15H2,1-3H3,(H2,19,20,21);1H. The minimum absolute atomic E-state index is 0. The van der Waals surface area contributed by atoms with Gasteiger partial charge in [0.1, 0.15) is 0 Å². The van der Waals surface area contributed by atoms with E-state index < -0.39 is 10.0 Å². The topological polar surface area (TPSA) is 86.3 Å². The van der Waals surface area contributed by atoms with Crippen LogP contribution in [0.1, 0.15) is 32.6 Å². The molecular formula is C18H38IN5O3S. The fraction of sp³-hybridized carbons (Fsp3) is 0.944. The number of ether oxygens (including phenoxy) is 1. The molecular weight excluding hydrogens is 493 g/mol. The van der Waals surface area contributed by atoms with E-state index >= 15 is 0 Å². The van der Waals surface area contributed by atoms with Gasteiger partial charge in [-0.1, -0.05) is 0 Å². The Morgan fingerprint density at radius 2 is 1.79 bits per heavy atom. The molecule has 8 nitrogen and oxygen atoms in total. The average molecular weight is 532 g/mol. The van der Waals surface area contributed by atoms with Crippen molar-refractivity contribution in [3.8, 4) is 0 Å². The highest BCUT2D eigenvalue weighted by molar-refractivity contribution is 14.0. The van der Waals surface area contributed by atoms with Crippen LogP contribution in [0.2, 0.25) is 0 Å². The molecule has 10 heteroatoms. The minimum Gasteiger partial charge on any atom is -0.383 e. The van der Waals surface area contributed by atoms with Crippen LogP contribution >= 0.6 is 24.0 Å². The van der Waals surface area contributed by atoms with Gasteiger partial charge in [-0.3, -0.25) is 4.99 Å². The molecule has 0 atom stereocenters. The predicted octanol–water partition coefficient (Wildman–Crippen LogP) is 0.942. The van der Waals surface area contributed by atoms with E-state index in [0.29, 0.717) is 25.0 Å². The molecule has 2 saturated heterocycles. The molecule has 2 heterocycles. The third-order valence-electron chi connectivity index (χ3n) is 5.43. The van der Waals surface area contributed by atoms with Gasteiger partial charge in [-0.05, 0) is 38.5 Å². The minimum atomic E-state index is -3.06. The third kappa shape index (κ3) is 9.10. The molecule has 2 N–H and O–H groups in total. The summed E-state index contributed by atoms with van der Waals surface area (Å²) in [5, 5.41) is 6.93. The molecule has 0 aromatic rings. The van der Waals surface area contributed by atoms with Gasteiger partial charge in [-0.15, -0.1) is 24.0 Å². The van der Waals surface area contributed by atoms with Gasteiger partial charge in [0.15, 0.2) is 5.96 Å². The van der Waals surface area contributed by atoms with E-state index in [2.05, 4.69) is 22.5 Å². The number of nitrogens with one attached hydrogen (secondary N) is 2. The van der Waals surface area contributed by atoms with E-state index in [1.807, 2.05) is 0 Å². The second-order valence-corrected chi connectivity index (χ2v) is 9.56. The highest BCUT2D eigenvalue weighted by Gasteiger charge is 2.25. The van der Waals surface area contributed by atoms with Crippen LogP contribution < -0.4 is 10.6 Å². The van der Waals surface area contributed by atoms with Gasteiger partial charge >= 0.3 is 0 Å². The quantitative estimate of drug-likeness (QED) is 0.276. The first-order chi connectivity index (χ1) is 12.9. The Morgan fingerprint density at radius 3 is 2.32 bits per heavy atom. The fourth-order valence-electron chi connectivity index (χ4n) is 3.68.